The molecule has 1 aromatic carbocycles. The van der Waals surface area contributed by atoms with Crippen molar-refractivity contribution >= 4 is 21.6 Å². The van der Waals surface area contributed by atoms with Crippen molar-refractivity contribution in [2.75, 3.05) is 12.4 Å². The van der Waals surface area contributed by atoms with Crippen LogP contribution in [0.4, 0.5) is 5.69 Å². The molecule has 1 atom stereocenters. The summed E-state index contributed by atoms with van der Waals surface area (Å²) in [7, 11) is -2.36. The average Bonchev–Trinajstić information content (AvgIpc) is 2.55. The van der Waals surface area contributed by atoms with Crippen LogP contribution in [0.3, 0.4) is 0 Å². The lowest BCUT2D eigenvalue weighted by Gasteiger charge is -2.15. The number of hydrogen-bond donors (Lipinski definition) is 2. The van der Waals surface area contributed by atoms with E-state index in [0.29, 0.717) is 11.4 Å². The first-order chi connectivity index (χ1) is 11.3. The maximum Gasteiger partial charge on any atom is 0.241 e. The van der Waals surface area contributed by atoms with Crippen LogP contribution in [-0.4, -0.2) is 26.4 Å². The highest BCUT2D eigenvalue weighted by atomic mass is 32.2. The quantitative estimate of drug-likeness (QED) is 0.832. The summed E-state index contributed by atoms with van der Waals surface area (Å²) in [5.41, 5.74) is 1.02. The fraction of sp³-hybridized carbons (Fsp3) is 0.250. The Morgan fingerprint density at radius 1 is 1.25 bits per heavy atom. The number of benzene rings is 1. The summed E-state index contributed by atoms with van der Waals surface area (Å²) in [6, 6.07) is 9.06. The van der Waals surface area contributed by atoms with Crippen molar-refractivity contribution in [3.63, 3.8) is 0 Å². The van der Waals surface area contributed by atoms with Gasteiger partial charge in [-0.2, -0.15) is 0 Å². The van der Waals surface area contributed by atoms with Gasteiger partial charge in [-0.25, -0.2) is 13.1 Å². The lowest BCUT2D eigenvalue weighted by atomic mass is 10.2. The number of nitrogens with one attached hydrogen (secondary N) is 2. The number of anilines is 1. The fourth-order valence-electron chi connectivity index (χ4n) is 2.12. The lowest BCUT2D eigenvalue weighted by molar-refractivity contribution is -0.114. The lowest BCUT2D eigenvalue weighted by Crippen LogP contribution is -2.27. The highest BCUT2D eigenvalue weighted by molar-refractivity contribution is 7.89. The van der Waals surface area contributed by atoms with Crippen molar-refractivity contribution in [1.82, 2.24) is 9.71 Å². The van der Waals surface area contributed by atoms with Gasteiger partial charge in [-0.05, 0) is 31.2 Å². The number of carbonyl (C=O) groups is 1. The van der Waals surface area contributed by atoms with Crippen molar-refractivity contribution in [3.8, 4) is 5.75 Å². The number of rotatable bonds is 6. The first kappa shape index (κ1) is 17.9. The minimum absolute atomic E-state index is 0.0382. The molecule has 0 aliphatic carbocycles. The van der Waals surface area contributed by atoms with E-state index in [0.717, 1.165) is 0 Å². The molecule has 8 heteroatoms. The van der Waals surface area contributed by atoms with Crippen LogP contribution in [0.5, 0.6) is 5.75 Å². The third kappa shape index (κ3) is 4.30. The molecule has 128 valence electrons. The predicted octanol–water partition coefficient (Wildman–Crippen LogP) is 2.09. The van der Waals surface area contributed by atoms with Crippen LogP contribution in [0.2, 0.25) is 0 Å². The third-order valence-electron chi connectivity index (χ3n) is 3.26. The van der Waals surface area contributed by atoms with E-state index >= 15 is 0 Å². The number of carbonyl (C=O) groups excluding carboxylic acids is 1. The Labute approximate surface area is 141 Å². The predicted molar refractivity (Wildman–Crippen MR) is 90.3 cm³/mol. The van der Waals surface area contributed by atoms with Gasteiger partial charge in [-0.1, -0.05) is 6.07 Å². The molecule has 1 heterocycles. The summed E-state index contributed by atoms with van der Waals surface area (Å²) in [6.45, 7) is 3.07. The van der Waals surface area contributed by atoms with E-state index in [4.69, 9.17) is 4.74 Å². The highest BCUT2D eigenvalue weighted by Gasteiger charge is 2.20. The van der Waals surface area contributed by atoms with E-state index in [1.807, 2.05) is 0 Å². The van der Waals surface area contributed by atoms with Crippen molar-refractivity contribution in [3.05, 3.63) is 48.3 Å². The molecule has 2 N–H and O–H groups in total. The number of pyridine rings is 1. The van der Waals surface area contributed by atoms with Gasteiger partial charge >= 0.3 is 0 Å². The molecule has 0 saturated heterocycles. The summed E-state index contributed by atoms with van der Waals surface area (Å²) in [6.07, 6.45) is 1.60. The van der Waals surface area contributed by atoms with Crippen molar-refractivity contribution in [2.24, 2.45) is 0 Å². The van der Waals surface area contributed by atoms with Gasteiger partial charge in [-0.3, -0.25) is 9.78 Å². The molecule has 2 aromatic rings. The Morgan fingerprint density at radius 2 is 2.00 bits per heavy atom. The largest absolute Gasteiger partial charge is 0.495 e. The van der Waals surface area contributed by atoms with Crippen LogP contribution in [-0.2, 0) is 14.8 Å². The maximum atomic E-state index is 12.5. The van der Waals surface area contributed by atoms with Gasteiger partial charge in [-0.15, -0.1) is 0 Å². The first-order valence-electron chi connectivity index (χ1n) is 7.22. The number of nitrogens with zero attached hydrogens (tertiary/aromatic N) is 1. The molecule has 0 spiro atoms. The van der Waals surface area contributed by atoms with Crippen molar-refractivity contribution in [1.29, 1.82) is 0 Å². The van der Waals surface area contributed by atoms with Crippen LogP contribution >= 0.6 is 0 Å². The molecule has 0 unspecified atom stereocenters. The molecular weight excluding hydrogens is 330 g/mol. The molecule has 2 rings (SSSR count). The topological polar surface area (TPSA) is 97.4 Å². The number of methoxy groups -OCH3 is 1. The van der Waals surface area contributed by atoms with Gasteiger partial charge < -0.3 is 10.1 Å². The summed E-state index contributed by atoms with van der Waals surface area (Å²) >= 11 is 0. The van der Waals surface area contributed by atoms with E-state index in [1.165, 1.54) is 32.2 Å². The maximum absolute atomic E-state index is 12.5. The Morgan fingerprint density at radius 3 is 2.58 bits per heavy atom. The van der Waals surface area contributed by atoms with Crippen LogP contribution in [0.25, 0.3) is 0 Å². The minimum atomic E-state index is -3.77. The summed E-state index contributed by atoms with van der Waals surface area (Å²) < 4.78 is 32.8. The molecular formula is C16H19N3O4S. The van der Waals surface area contributed by atoms with Crippen molar-refractivity contribution in [2.45, 2.75) is 24.8 Å². The summed E-state index contributed by atoms with van der Waals surface area (Å²) in [5.74, 6) is -0.00984. The van der Waals surface area contributed by atoms with Crippen LogP contribution in [0, 0.1) is 0 Å². The monoisotopic (exact) mass is 349 g/mol. The molecule has 0 saturated carbocycles. The second-order valence-corrected chi connectivity index (χ2v) is 6.85. The van der Waals surface area contributed by atoms with Gasteiger partial charge in [0.25, 0.3) is 0 Å². The molecule has 7 nitrogen and oxygen atoms in total. The third-order valence-corrected chi connectivity index (χ3v) is 4.80. The molecule has 0 aliphatic heterocycles. The first-order valence-corrected chi connectivity index (χ1v) is 8.70. The van der Waals surface area contributed by atoms with Gasteiger partial charge in [0.2, 0.25) is 15.9 Å². The van der Waals surface area contributed by atoms with E-state index in [2.05, 4.69) is 15.0 Å². The zero-order valence-electron chi connectivity index (χ0n) is 13.6. The molecule has 1 amide bonds. The number of amides is 1. The standard InChI is InChI=1S/C16H19N3O4S/c1-11(14-6-4-5-9-17-14)19-24(21,22)13-7-8-15(18-12(2)20)16(10-13)23-3/h4-11,19H,1-3H3,(H,18,20)/t11-/m0/s1. The highest BCUT2D eigenvalue weighted by Crippen LogP contribution is 2.28. The zero-order chi connectivity index (χ0) is 17.7. The average molecular weight is 349 g/mol. The Hall–Kier alpha value is -2.45. The van der Waals surface area contributed by atoms with Crippen LogP contribution in [0.15, 0.2) is 47.5 Å². The van der Waals surface area contributed by atoms with Crippen LogP contribution < -0.4 is 14.8 Å². The SMILES string of the molecule is COc1cc(S(=O)(=O)N[C@@H](C)c2ccccn2)ccc1NC(C)=O. The second-order valence-electron chi connectivity index (χ2n) is 5.14. The normalized spacial score (nSPS) is 12.5. The van der Waals surface area contributed by atoms with Gasteiger partial charge in [0.1, 0.15) is 5.75 Å². The van der Waals surface area contributed by atoms with Gasteiger partial charge in [0.15, 0.2) is 0 Å². The zero-order valence-corrected chi connectivity index (χ0v) is 14.4. The van der Waals surface area contributed by atoms with E-state index in [-0.39, 0.29) is 16.6 Å². The number of hydrogen-bond acceptors (Lipinski definition) is 5. The van der Waals surface area contributed by atoms with Gasteiger partial charge in [0, 0.05) is 19.2 Å². The number of aromatic nitrogens is 1. The molecule has 0 bridgehead atoms. The van der Waals surface area contributed by atoms with E-state index < -0.39 is 16.1 Å². The molecule has 0 radical (unpaired) electrons. The number of sulfonamides is 1. The Kier molecular flexibility index (Phi) is 5.53. The molecule has 0 fully saturated rings. The molecule has 1 aromatic heterocycles. The Balaban J connectivity index is 2.27. The van der Waals surface area contributed by atoms with Gasteiger partial charge in [0.05, 0.1) is 29.4 Å². The molecule has 24 heavy (non-hydrogen) atoms. The smallest absolute Gasteiger partial charge is 0.241 e. The fourth-order valence-corrected chi connectivity index (χ4v) is 3.36. The summed E-state index contributed by atoms with van der Waals surface area (Å²) in [5, 5.41) is 2.58. The van der Waals surface area contributed by atoms with E-state index in [1.54, 1.807) is 31.3 Å². The van der Waals surface area contributed by atoms with E-state index in [9.17, 15) is 13.2 Å². The van der Waals surface area contributed by atoms with Crippen LogP contribution in [0.1, 0.15) is 25.6 Å². The Bertz CT molecular complexity index is 822. The summed E-state index contributed by atoms with van der Waals surface area (Å²) in [4.78, 5) is 15.3. The number of ether oxygens (including phenoxy) is 1. The minimum Gasteiger partial charge on any atom is -0.495 e. The second kappa shape index (κ2) is 7.41. The van der Waals surface area contributed by atoms with Crippen molar-refractivity contribution < 1.29 is 17.9 Å². The molecule has 0 aliphatic rings.